The first-order valence-electron chi connectivity index (χ1n) is 7.29. The van der Waals surface area contributed by atoms with Crippen molar-refractivity contribution in [2.45, 2.75) is 6.42 Å². The molecular formula is C16H18N2O4. The number of hydrogen-bond donors (Lipinski definition) is 1. The molecule has 0 spiro atoms. The Morgan fingerprint density at radius 3 is 2.73 bits per heavy atom. The largest absolute Gasteiger partial charge is 0.486 e. The van der Waals surface area contributed by atoms with Crippen LogP contribution in [0, 0.1) is 5.92 Å². The fourth-order valence-corrected chi connectivity index (χ4v) is 2.63. The van der Waals surface area contributed by atoms with Crippen LogP contribution in [-0.2, 0) is 9.59 Å². The molecule has 2 heterocycles. The quantitative estimate of drug-likeness (QED) is 0.838. The van der Waals surface area contributed by atoms with Gasteiger partial charge in [0.05, 0.1) is 5.92 Å². The number of carbonyl (C=O) groups is 2. The highest BCUT2D eigenvalue weighted by Gasteiger charge is 2.28. The molecule has 1 atom stereocenters. The van der Waals surface area contributed by atoms with Gasteiger partial charge in [0.1, 0.15) is 13.2 Å². The van der Waals surface area contributed by atoms with E-state index in [2.05, 4.69) is 0 Å². The first-order chi connectivity index (χ1) is 10.6. The molecule has 0 aromatic heterocycles. The number of likely N-dealkylation sites (tertiary alicyclic amines) is 1. The average molecular weight is 302 g/mol. The second kappa shape index (κ2) is 6.09. The molecule has 2 aliphatic rings. The molecule has 6 nitrogen and oxygen atoms in total. The van der Waals surface area contributed by atoms with Crippen LogP contribution in [0.4, 0.5) is 0 Å². The van der Waals surface area contributed by atoms with E-state index in [4.69, 9.17) is 15.2 Å². The molecule has 1 aromatic carbocycles. The Kier molecular flexibility index (Phi) is 4.00. The lowest BCUT2D eigenvalue weighted by atomic mass is 10.1. The number of hydrogen-bond acceptors (Lipinski definition) is 4. The summed E-state index contributed by atoms with van der Waals surface area (Å²) >= 11 is 0. The predicted molar refractivity (Wildman–Crippen MR) is 80.3 cm³/mol. The van der Waals surface area contributed by atoms with Gasteiger partial charge in [0, 0.05) is 19.2 Å². The zero-order chi connectivity index (χ0) is 15.5. The number of primary amides is 1. The van der Waals surface area contributed by atoms with Crippen molar-refractivity contribution in [2.75, 3.05) is 26.3 Å². The van der Waals surface area contributed by atoms with Gasteiger partial charge < -0.3 is 20.1 Å². The number of benzene rings is 1. The summed E-state index contributed by atoms with van der Waals surface area (Å²) in [5.41, 5.74) is 6.13. The number of amides is 2. The Balaban J connectivity index is 1.64. The van der Waals surface area contributed by atoms with Gasteiger partial charge in [-0.05, 0) is 30.2 Å². The number of carbonyl (C=O) groups excluding carboxylic acids is 2. The van der Waals surface area contributed by atoms with E-state index in [1.807, 2.05) is 18.2 Å². The maximum atomic E-state index is 12.1. The van der Waals surface area contributed by atoms with Crippen LogP contribution in [0.2, 0.25) is 0 Å². The molecule has 3 rings (SSSR count). The number of nitrogens with two attached hydrogens (primary N) is 1. The zero-order valence-electron chi connectivity index (χ0n) is 12.2. The predicted octanol–water partition coefficient (Wildman–Crippen LogP) is 0.805. The monoisotopic (exact) mass is 302 g/mol. The van der Waals surface area contributed by atoms with Crippen molar-refractivity contribution in [1.82, 2.24) is 4.90 Å². The molecule has 2 amide bonds. The summed E-state index contributed by atoms with van der Waals surface area (Å²) in [7, 11) is 0. The molecule has 0 aliphatic carbocycles. The van der Waals surface area contributed by atoms with Crippen molar-refractivity contribution in [1.29, 1.82) is 0 Å². The topological polar surface area (TPSA) is 81.9 Å². The van der Waals surface area contributed by atoms with E-state index >= 15 is 0 Å². The molecule has 0 bridgehead atoms. The van der Waals surface area contributed by atoms with Crippen LogP contribution in [0.1, 0.15) is 12.0 Å². The summed E-state index contributed by atoms with van der Waals surface area (Å²) in [6.45, 7) is 2.05. The van der Waals surface area contributed by atoms with Crippen LogP contribution in [0.15, 0.2) is 24.3 Å². The van der Waals surface area contributed by atoms with E-state index in [-0.39, 0.29) is 17.7 Å². The second-order valence-electron chi connectivity index (χ2n) is 5.41. The Labute approximate surface area is 128 Å². The Morgan fingerprint density at radius 2 is 2.00 bits per heavy atom. The van der Waals surface area contributed by atoms with Gasteiger partial charge in [-0.25, -0.2) is 0 Å². The zero-order valence-corrected chi connectivity index (χ0v) is 12.2. The molecular weight excluding hydrogens is 284 g/mol. The highest BCUT2D eigenvalue weighted by atomic mass is 16.6. The number of ether oxygens (including phenoxy) is 2. The van der Waals surface area contributed by atoms with Crippen molar-refractivity contribution in [3.8, 4) is 11.5 Å². The summed E-state index contributed by atoms with van der Waals surface area (Å²) in [5.74, 6) is 0.728. The van der Waals surface area contributed by atoms with Crippen LogP contribution in [0.25, 0.3) is 6.08 Å². The first kappa shape index (κ1) is 14.4. The molecule has 1 saturated heterocycles. The molecule has 0 radical (unpaired) electrons. The summed E-state index contributed by atoms with van der Waals surface area (Å²) in [4.78, 5) is 24.9. The minimum Gasteiger partial charge on any atom is -0.486 e. The van der Waals surface area contributed by atoms with Crippen molar-refractivity contribution >= 4 is 17.9 Å². The lowest BCUT2D eigenvalue weighted by Crippen LogP contribution is -2.30. The number of nitrogens with zero attached hydrogens (tertiary/aromatic N) is 1. The van der Waals surface area contributed by atoms with Crippen molar-refractivity contribution in [3.05, 3.63) is 29.8 Å². The summed E-state index contributed by atoms with van der Waals surface area (Å²) in [6.07, 6.45) is 3.88. The Bertz CT molecular complexity index is 627. The van der Waals surface area contributed by atoms with E-state index in [0.29, 0.717) is 38.5 Å². The fraction of sp³-hybridized carbons (Fsp3) is 0.375. The van der Waals surface area contributed by atoms with Gasteiger partial charge in [0.25, 0.3) is 0 Å². The maximum Gasteiger partial charge on any atom is 0.246 e. The van der Waals surface area contributed by atoms with Crippen LogP contribution < -0.4 is 15.2 Å². The minimum atomic E-state index is -0.342. The van der Waals surface area contributed by atoms with Crippen LogP contribution >= 0.6 is 0 Å². The molecule has 1 fully saturated rings. The van der Waals surface area contributed by atoms with Gasteiger partial charge >= 0.3 is 0 Å². The summed E-state index contributed by atoms with van der Waals surface area (Å²) < 4.78 is 11.0. The first-order valence-corrected chi connectivity index (χ1v) is 7.29. The molecule has 6 heteroatoms. The van der Waals surface area contributed by atoms with Crippen molar-refractivity contribution < 1.29 is 19.1 Å². The minimum absolute atomic E-state index is 0.112. The van der Waals surface area contributed by atoms with Gasteiger partial charge in [-0.1, -0.05) is 6.07 Å². The normalized spacial score (nSPS) is 20.4. The van der Waals surface area contributed by atoms with Gasteiger partial charge in [-0.3, -0.25) is 9.59 Å². The standard InChI is InChI=1S/C16H18N2O4/c17-16(20)12-5-6-18(10-12)15(19)4-2-11-1-3-13-14(9-11)22-8-7-21-13/h1-4,9,12H,5-8,10H2,(H2,17,20)/b4-2+/t12-/m0/s1. The molecule has 2 N–H and O–H groups in total. The SMILES string of the molecule is NC(=O)[C@H]1CCN(C(=O)/C=C/c2ccc3c(c2)OCCO3)C1. The van der Waals surface area contributed by atoms with Crippen molar-refractivity contribution in [2.24, 2.45) is 11.7 Å². The molecule has 0 saturated carbocycles. The van der Waals surface area contributed by atoms with Gasteiger partial charge in [-0.2, -0.15) is 0 Å². The average Bonchev–Trinajstić information content (AvgIpc) is 3.03. The second-order valence-corrected chi connectivity index (χ2v) is 5.41. The van der Waals surface area contributed by atoms with Crippen LogP contribution in [0.5, 0.6) is 11.5 Å². The van der Waals surface area contributed by atoms with E-state index < -0.39 is 0 Å². The van der Waals surface area contributed by atoms with Crippen molar-refractivity contribution in [3.63, 3.8) is 0 Å². The Morgan fingerprint density at radius 1 is 1.23 bits per heavy atom. The van der Waals surface area contributed by atoms with Gasteiger partial charge in [-0.15, -0.1) is 0 Å². The highest BCUT2D eigenvalue weighted by molar-refractivity contribution is 5.92. The highest BCUT2D eigenvalue weighted by Crippen LogP contribution is 2.31. The smallest absolute Gasteiger partial charge is 0.246 e. The van der Waals surface area contributed by atoms with Crippen LogP contribution in [-0.4, -0.2) is 43.0 Å². The molecule has 0 unspecified atom stereocenters. The molecule has 22 heavy (non-hydrogen) atoms. The molecule has 116 valence electrons. The lowest BCUT2D eigenvalue weighted by Gasteiger charge is -2.18. The third-order valence-corrected chi connectivity index (χ3v) is 3.89. The van der Waals surface area contributed by atoms with E-state index in [0.717, 1.165) is 11.3 Å². The fourth-order valence-electron chi connectivity index (χ4n) is 2.63. The van der Waals surface area contributed by atoms with E-state index in [9.17, 15) is 9.59 Å². The summed E-state index contributed by atoms with van der Waals surface area (Å²) in [5, 5.41) is 0. The van der Waals surface area contributed by atoms with Gasteiger partial charge in [0.2, 0.25) is 11.8 Å². The van der Waals surface area contributed by atoms with Crippen LogP contribution in [0.3, 0.4) is 0 Å². The molecule has 1 aromatic rings. The summed E-state index contributed by atoms with van der Waals surface area (Å²) in [6, 6.07) is 5.54. The van der Waals surface area contributed by atoms with Gasteiger partial charge in [0.15, 0.2) is 11.5 Å². The number of fused-ring (bicyclic) bond motifs is 1. The van der Waals surface area contributed by atoms with E-state index in [1.54, 1.807) is 11.0 Å². The van der Waals surface area contributed by atoms with E-state index in [1.165, 1.54) is 6.08 Å². The maximum absolute atomic E-state index is 12.1. The molecule has 2 aliphatic heterocycles. The third-order valence-electron chi connectivity index (χ3n) is 3.89. The number of rotatable bonds is 3. The lowest BCUT2D eigenvalue weighted by molar-refractivity contribution is -0.125. The third kappa shape index (κ3) is 3.05. The Hall–Kier alpha value is -2.50.